The molecule has 4 amide bonds. The minimum atomic E-state index is -0.907. The molecule has 0 radical (unpaired) electrons. The lowest BCUT2D eigenvalue weighted by Crippen LogP contribution is -2.54. The van der Waals surface area contributed by atoms with Gasteiger partial charge in [0.15, 0.2) is 0 Å². The van der Waals surface area contributed by atoms with Crippen molar-refractivity contribution in [2.75, 3.05) is 11.5 Å². The Kier molecular flexibility index (Phi) is 6.48. The molecule has 0 unspecified atom stereocenters. The number of carbonyl (C=O) groups is 3. The number of hydrogen-bond donors (Lipinski definition) is 1. The van der Waals surface area contributed by atoms with E-state index in [1.807, 2.05) is 0 Å². The molecular weight excluding hydrogens is 472 g/mol. The van der Waals surface area contributed by atoms with Crippen LogP contribution in [0.5, 0.6) is 5.75 Å². The third-order valence-electron chi connectivity index (χ3n) is 4.83. The number of amides is 4. The Morgan fingerprint density at radius 1 is 1.03 bits per heavy atom. The van der Waals surface area contributed by atoms with Crippen LogP contribution in [0.1, 0.15) is 5.69 Å². The minimum Gasteiger partial charge on any atom is -0.490 e. The van der Waals surface area contributed by atoms with Gasteiger partial charge >= 0.3 is 6.03 Å². The largest absolute Gasteiger partial charge is 0.490 e. The van der Waals surface area contributed by atoms with Gasteiger partial charge in [-0.15, -0.1) is 0 Å². The molecule has 168 valence electrons. The Morgan fingerprint density at radius 3 is 2.55 bits per heavy atom. The lowest BCUT2D eigenvalue weighted by molar-refractivity contribution is -0.122. The lowest BCUT2D eigenvalue weighted by Gasteiger charge is -2.26. The SMILES string of the molecule is O=C1NC(=O)N(c2ccc(F)cc2)C(=O)/C1=C/c1cccn1CCOc1cc(Cl)ccc1Cl. The number of hydrogen-bond acceptors (Lipinski definition) is 4. The Bertz CT molecular complexity index is 1270. The Hall–Kier alpha value is -3.62. The maximum Gasteiger partial charge on any atom is 0.335 e. The van der Waals surface area contributed by atoms with Gasteiger partial charge in [0.25, 0.3) is 11.8 Å². The second-order valence-electron chi connectivity index (χ2n) is 6.98. The van der Waals surface area contributed by atoms with Crippen molar-refractivity contribution in [2.45, 2.75) is 6.54 Å². The zero-order valence-corrected chi connectivity index (χ0v) is 18.4. The van der Waals surface area contributed by atoms with E-state index in [1.54, 1.807) is 41.1 Å². The van der Waals surface area contributed by atoms with Crippen molar-refractivity contribution in [2.24, 2.45) is 0 Å². The van der Waals surface area contributed by atoms with Gasteiger partial charge in [0.05, 0.1) is 17.3 Å². The number of imide groups is 2. The fourth-order valence-corrected chi connectivity index (χ4v) is 3.57. The first-order valence-corrected chi connectivity index (χ1v) is 10.5. The predicted molar refractivity (Wildman–Crippen MR) is 122 cm³/mol. The van der Waals surface area contributed by atoms with Gasteiger partial charge in [0.2, 0.25) is 0 Å². The molecule has 4 rings (SSSR count). The molecule has 0 atom stereocenters. The van der Waals surface area contributed by atoms with Crippen molar-refractivity contribution in [3.05, 3.63) is 87.9 Å². The lowest BCUT2D eigenvalue weighted by atomic mass is 10.1. The smallest absolute Gasteiger partial charge is 0.335 e. The van der Waals surface area contributed by atoms with Gasteiger partial charge in [-0.2, -0.15) is 0 Å². The number of anilines is 1. The number of urea groups is 1. The van der Waals surface area contributed by atoms with Crippen molar-refractivity contribution in [1.82, 2.24) is 9.88 Å². The van der Waals surface area contributed by atoms with Gasteiger partial charge < -0.3 is 9.30 Å². The Labute approximate surface area is 198 Å². The molecule has 1 N–H and O–H groups in total. The Morgan fingerprint density at radius 2 is 1.79 bits per heavy atom. The summed E-state index contributed by atoms with van der Waals surface area (Å²) < 4.78 is 20.7. The standard InChI is InChI=1S/C23H16Cl2FN3O4/c24-14-3-8-19(25)20(12-14)33-11-10-28-9-1-2-17(28)13-18-21(30)27-23(32)29(22(18)31)16-6-4-15(26)5-7-16/h1-9,12-13H,10-11H2,(H,27,30,32)/b18-13+. The molecule has 7 nitrogen and oxygen atoms in total. The van der Waals surface area contributed by atoms with Crippen LogP contribution >= 0.6 is 23.2 Å². The van der Waals surface area contributed by atoms with Crippen molar-refractivity contribution < 1.29 is 23.5 Å². The van der Waals surface area contributed by atoms with E-state index in [0.717, 1.165) is 17.0 Å². The van der Waals surface area contributed by atoms with E-state index >= 15 is 0 Å². The number of nitrogens with one attached hydrogen (secondary N) is 1. The summed E-state index contributed by atoms with van der Waals surface area (Å²) in [5.74, 6) is -1.72. The van der Waals surface area contributed by atoms with Crippen LogP contribution in [0.15, 0.2) is 66.4 Å². The zero-order chi connectivity index (χ0) is 23.5. The fraction of sp³-hybridized carbons (Fsp3) is 0.0870. The van der Waals surface area contributed by atoms with Gasteiger partial charge in [0, 0.05) is 23.0 Å². The van der Waals surface area contributed by atoms with Gasteiger partial charge in [-0.3, -0.25) is 14.9 Å². The molecule has 1 saturated heterocycles. The summed E-state index contributed by atoms with van der Waals surface area (Å²) in [6.45, 7) is 0.622. The van der Waals surface area contributed by atoms with Crippen LogP contribution < -0.4 is 15.0 Å². The number of aromatic nitrogens is 1. The number of ether oxygens (including phenoxy) is 1. The number of barbiturate groups is 1. The summed E-state index contributed by atoms with van der Waals surface area (Å²) in [4.78, 5) is 38.4. The highest BCUT2D eigenvalue weighted by atomic mass is 35.5. The molecule has 2 heterocycles. The molecule has 1 aromatic heterocycles. The van der Waals surface area contributed by atoms with Crippen LogP contribution in [-0.2, 0) is 16.1 Å². The van der Waals surface area contributed by atoms with Crippen molar-refractivity contribution in [3.8, 4) is 5.75 Å². The number of nitrogens with zero attached hydrogens (tertiary/aromatic N) is 2. The van der Waals surface area contributed by atoms with E-state index < -0.39 is 23.7 Å². The second-order valence-corrected chi connectivity index (χ2v) is 7.83. The van der Waals surface area contributed by atoms with Crippen molar-refractivity contribution >= 4 is 52.8 Å². The first-order chi connectivity index (χ1) is 15.8. The van der Waals surface area contributed by atoms with E-state index in [4.69, 9.17) is 27.9 Å². The third kappa shape index (κ3) is 4.92. The van der Waals surface area contributed by atoms with E-state index in [2.05, 4.69) is 5.32 Å². The number of carbonyl (C=O) groups excluding carboxylic acids is 3. The highest BCUT2D eigenvalue weighted by Crippen LogP contribution is 2.28. The third-order valence-corrected chi connectivity index (χ3v) is 5.37. The Balaban J connectivity index is 1.53. The first-order valence-electron chi connectivity index (χ1n) is 9.73. The van der Waals surface area contributed by atoms with Crippen LogP contribution in [0, 0.1) is 5.82 Å². The second kappa shape index (κ2) is 9.48. The average Bonchev–Trinajstić information content (AvgIpc) is 3.22. The summed E-state index contributed by atoms with van der Waals surface area (Å²) in [6.07, 6.45) is 3.14. The predicted octanol–water partition coefficient (Wildman–Crippen LogP) is 4.68. The molecule has 1 aliphatic rings. The normalized spacial score (nSPS) is 15.2. The van der Waals surface area contributed by atoms with Crippen LogP contribution in [0.3, 0.4) is 0 Å². The molecule has 1 aliphatic heterocycles. The van der Waals surface area contributed by atoms with Crippen LogP contribution in [0.25, 0.3) is 6.08 Å². The number of rotatable bonds is 6. The molecule has 0 spiro atoms. The summed E-state index contributed by atoms with van der Waals surface area (Å²) in [5.41, 5.74) is 0.444. The maximum absolute atomic E-state index is 13.2. The molecule has 1 fully saturated rings. The monoisotopic (exact) mass is 487 g/mol. The zero-order valence-electron chi connectivity index (χ0n) is 16.9. The van der Waals surface area contributed by atoms with Crippen LogP contribution in [0.4, 0.5) is 14.9 Å². The van der Waals surface area contributed by atoms with Crippen molar-refractivity contribution in [1.29, 1.82) is 0 Å². The molecule has 33 heavy (non-hydrogen) atoms. The highest BCUT2D eigenvalue weighted by molar-refractivity contribution is 6.39. The van der Waals surface area contributed by atoms with E-state index in [0.29, 0.717) is 28.0 Å². The molecule has 2 aromatic carbocycles. The summed E-state index contributed by atoms with van der Waals surface area (Å²) in [5, 5.41) is 3.04. The summed E-state index contributed by atoms with van der Waals surface area (Å²) in [7, 11) is 0. The van der Waals surface area contributed by atoms with Crippen LogP contribution in [-0.4, -0.2) is 29.0 Å². The topological polar surface area (TPSA) is 80.6 Å². The molecule has 3 aromatic rings. The maximum atomic E-state index is 13.2. The molecule has 0 bridgehead atoms. The molecule has 0 saturated carbocycles. The van der Waals surface area contributed by atoms with E-state index in [-0.39, 0.29) is 17.9 Å². The summed E-state index contributed by atoms with van der Waals surface area (Å²) in [6, 6.07) is 12.2. The van der Waals surface area contributed by atoms with Crippen LogP contribution in [0.2, 0.25) is 10.0 Å². The van der Waals surface area contributed by atoms with Gasteiger partial charge in [0.1, 0.15) is 23.7 Å². The fourth-order valence-electron chi connectivity index (χ4n) is 3.23. The van der Waals surface area contributed by atoms with Gasteiger partial charge in [-0.25, -0.2) is 14.1 Å². The number of benzene rings is 2. The first kappa shape index (κ1) is 22.6. The van der Waals surface area contributed by atoms with E-state index in [1.165, 1.54) is 18.2 Å². The molecule has 0 aliphatic carbocycles. The molecular formula is C23H16Cl2FN3O4. The highest BCUT2D eigenvalue weighted by Gasteiger charge is 2.37. The summed E-state index contributed by atoms with van der Waals surface area (Å²) >= 11 is 12.1. The minimum absolute atomic E-state index is 0.138. The number of halogens is 3. The quantitative estimate of drug-likeness (QED) is 0.404. The molecule has 10 heteroatoms. The van der Waals surface area contributed by atoms with Gasteiger partial charge in [-0.05, 0) is 54.6 Å². The van der Waals surface area contributed by atoms with Crippen molar-refractivity contribution in [3.63, 3.8) is 0 Å². The van der Waals surface area contributed by atoms with Gasteiger partial charge in [-0.1, -0.05) is 23.2 Å². The average molecular weight is 488 g/mol. The van der Waals surface area contributed by atoms with E-state index in [9.17, 15) is 18.8 Å².